The van der Waals surface area contributed by atoms with Crippen LogP contribution in [0.1, 0.15) is 0 Å². The minimum absolute atomic E-state index is 0.877. The monoisotopic (exact) mass is 926 g/mol. The van der Waals surface area contributed by atoms with Gasteiger partial charge in [-0.2, -0.15) is 0 Å². The van der Waals surface area contributed by atoms with Crippen molar-refractivity contribution in [3.8, 4) is 0 Å². The maximum absolute atomic E-state index is 4.57. The largest absolute Gasteiger partial charge is 0.102 e. The van der Waals surface area contributed by atoms with Crippen LogP contribution < -0.4 is 47.7 Å². The van der Waals surface area contributed by atoms with E-state index < -0.39 is 23.8 Å². The van der Waals surface area contributed by atoms with Gasteiger partial charge < -0.3 is 0 Å². The van der Waals surface area contributed by atoms with Crippen molar-refractivity contribution in [2.24, 2.45) is 0 Å². The van der Waals surface area contributed by atoms with Crippen LogP contribution in [-0.4, -0.2) is 0 Å². The van der Waals surface area contributed by atoms with E-state index in [0.717, 1.165) is 0 Å². The minimum Gasteiger partial charge on any atom is -0.0620 e. The van der Waals surface area contributed by atoms with E-state index >= 15 is 0 Å². The maximum atomic E-state index is 4.57. The van der Waals surface area contributed by atoms with Crippen molar-refractivity contribution in [2.45, 2.75) is 0 Å². The van der Waals surface area contributed by atoms with Crippen molar-refractivity contribution in [2.75, 3.05) is 0 Å². The molecule has 0 bridgehead atoms. The van der Waals surface area contributed by atoms with Crippen LogP contribution in [0.4, 0.5) is 0 Å². The van der Waals surface area contributed by atoms with E-state index in [1.165, 1.54) is 47.7 Å². The van der Waals surface area contributed by atoms with E-state index in [0.29, 0.717) is 0 Å². The van der Waals surface area contributed by atoms with Crippen molar-refractivity contribution in [1.82, 2.24) is 0 Å². The smallest absolute Gasteiger partial charge is 0.0620 e. The fourth-order valence-corrected chi connectivity index (χ4v) is 14.7. The molecule has 0 heterocycles. The van der Waals surface area contributed by atoms with Gasteiger partial charge >= 0.3 is 27.0 Å². The molecular weight excluding hydrogens is 878 g/mol. The Kier molecular flexibility index (Phi) is 18.5. The van der Waals surface area contributed by atoms with E-state index in [1.807, 2.05) is 17.3 Å². The van der Waals surface area contributed by atoms with Crippen LogP contribution in [-0.2, 0) is 17.3 Å². The van der Waals surface area contributed by atoms with Gasteiger partial charge in [0.15, 0.2) is 0 Å². The fourth-order valence-electron chi connectivity index (χ4n) is 6.94. The van der Waals surface area contributed by atoms with Crippen LogP contribution >= 0.6 is 33.5 Å². The van der Waals surface area contributed by atoms with Crippen LogP contribution in [0.5, 0.6) is 0 Å². The van der Waals surface area contributed by atoms with Gasteiger partial charge in [-0.15, -0.1) is 0 Å². The molecule has 0 aliphatic rings. The summed E-state index contributed by atoms with van der Waals surface area (Å²) in [4.78, 5) is 0. The van der Waals surface area contributed by atoms with Gasteiger partial charge in [0, 0.05) is 0 Å². The molecule has 5 heteroatoms. The summed E-state index contributed by atoms with van der Waals surface area (Å²) in [6, 6.07) is 97.5. The van der Waals surface area contributed by atoms with E-state index in [2.05, 4.69) is 283 Å². The molecule has 0 aromatic heterocycles. The van der Waals surface area contributed by atoms with Gasteiger partial charge in [0.2, 0.25) is 0 Å². The number of benzene rings is 9. The topological polar surface area (TPSA) is 0 Å². The second-order valence-corrected chi connectivity index (χ2v) is 20.9. The van der Waals surface area contributed by atoms with Crippen LogP contribution in [0.25, 0.3) is 0 Å². The average molecular weight is 926 g/mol. The average Bonchev–Trinajstić information content (AvgIpc) is 3.34. The van der Waals surface area contributed by atoms with Crippen molar-refractivity contribution < 1.29 is 17.3 Å². The maximum Gasteiger partial charge on any atom is 0.102 e. The Morgan fingerprint density at radius 3 is 0.339 bits per heavy atom. The van der Waals surface area contributed by atoms with Gasteiger partial charge in [-0.1, -0.05) is 164 Å². The molecule has 0 aliphatic carbocycles. The molecule has 291 valence electrons. The minimum atomic E-state index is -0.877. The van der Waals surface area contributed by atoms with E-state index in [-0.39, 0.29) is 0 Å². The molecular formula is C54H48ClP3Ru+3. The molecule has 0 nitrogen and oxygen atoms in total. The molecule has 0 fully saturated rings. The Morgan fingerprint density at radius 2 is 0.254 bits per heavy atom. The van der Waals surface area contributed by atoms with Crippen molar-refractivity contribution in [3.05, 3.63) is 273 Å². The van der Waals surface area contributed by atoms with Gasteiger partial charge in [-0.05, 0) is 109 Å². The third-order valence-corrected chi connectivity index (χ3v) is 17.8. The first-order chi connectivity index (χ1) is 29.3. The Labute approximate surface area is 369 Å². The quantitative estimate of drug-likeness (QED) is 0.1000. The fraction of sp³-hybridized carbons (Fsp3) is 0. The normalized spacial score (nSPS) is 10.3. The molecule has 0 radical (unpaired) electrons. The molecule has 9 rings (SSSR count). The van der Waals surface area contributed by atoms with Crippen LogP contribution in [0.15, 0.2) is 273 Å². The Balaban J connectivity index is 0.000000146. The van der Waals surface area contributed by atoms with Crippen LogP contribution in [0.2, 0.25) is 0 Å². The zero-order valence-electron chi connectivity index (χ0n) is 32.7. The van der Waals surface area contributed by atoms with Crippen molar-refractivity contribution in [3.63, 3.8) is 0 Å². The van der Waals surface area contributed by atoms with Gasteiger partial charge in [0.25, 0.3) is 0 Å². The van der Waals surface area contributed by atoms with Gasteiger partial charge in [0.1, 0.15) is 47.7 Å². The van der Waals surface area contributed by atoms with Crippen molar-refractivity contribution >= 4 is 81.2 Å². The molecule has 0 saturated carbocycles. The summed E-state index contributed by atoms with van der Waals surface area (Å²) in [6.07, 6.45) is 0. The summed E-state index contributed by atoms with van der Waals surface area (Å²) in [5.74, 6) is 0. The second kappa shape index (κ2) is 25.0. The van der Waals surface area contributed by atoms with E-state index in [4.69, 9.17) is 0 Å². The molecule has 0 saturated heterocycles. The third-order valence-electron chi connectivity index (χ3n) is 9.56. The predicted octanol–water partition coefficient (Wildman–Crippen LogP) is 10.2. The molecule has 0 spiro atoms. The summed E-state index contributed by atoms with van der Waals surface area (Å²) in [6.45, 7) is 0. The number of hydrogen-bond acceptors (Lipinski definition) is 0. The summed E-state index contributed by atoms with van der Waals surface area (Å²) < 4.78 is 0. The molecule has 0 N–H and O–H groups in total. The van der Waals surface area contributed by atoms with Gasteiger partial charge in [-0.25, -0.2) is 0 Å². The standard InChI is InChI=1S/3C18H15P.ClH.Ru/c3*1-4-10-16(11-5-1)19(17-12-6-2-7-13-17)18-14-8-3-9-15-18;;/h3*1-15H;1H;/q;;;;+1/p+2. The first kappa shape index (κ1) is 43.8. The van der Waals surface area contributed by atoms with Gasteiger partial charge in [-0.3, -0.25) is 0 Å². The summed E-state index contributed by atoms with van der Waals surface area (Å²) in [5.41, 5.74) is 0. The Hall–Kier alpha value is -4.82. The third kappa shape index (κ3) is 13.1. The summed E-state index contributed by atoms with van der Waals surface area (Å²) in [7, 11) is 1.94. The predicted molar refractivity (Wildman–Crippen MR) is 265 cm³/mol. The van der Waals surface area contributed by atoms with E-state index in [1.54, 1.807) is 0 Å². The number of hydrogen-bond donors (Lipinski definition) is 0. The zero-order valence-corrected chi connectivity index (χ0v) is 38.2. The number of halogens is 1. The van der Waals surface area contributed by atoms with Crippen LogP contribution in [0, 0.1) is 0 Å². The van der Waals surface area contributed by atoms with Crippen molar-refractivity contribution in [1.29, 1.82) is 0 Å². The Morgan fingerprint density at radius 1 is 0.169 bits per heavy atom. The zero-order chi connectivity index (χ0) is 40.7. The number of rotatable bonds is 9. The SMILES string of the molecule is [Cl][Ru].c1ccc([PH+](c2ccccc2)c2ccccc2)cc1.c1ccc([PH+](c2ccccc2)c2ccccc2)cc1.c1ccc([PH+](c2ccccc2)c2ccccc2)cc1. The van der Waals surface area contributed by atoms with Gasteiger partial charge in [0.05, 0.1) is 23.8 Å². The summed E-state index contributed by atoms with van der Waals surface area (Å²) in [5, 5.41) is 12.9. The first-order valence-electron chi connectivity index (χ1n) is 19.6. The summed E-state index contributed by atoms with van der Waals surface area (Å²) >= 11 is 1.82. The second-order valence-electron chi connectivity index (χ2n) is 13.4. The molecule has 59 heavy (non-hydrogen) atoms. The molecule has 0 amide bonds. The van der Waals surface area contributed by atoms with Crippen LogP contribution in [0.3, 0.4) is 0 Å². The molecule has 0 unspecified atom stereocenters. The molecule has 9 aromatic carbocycles. The first-order valence-corrected chi connectivity index (χ1v) is 26.3. The Bertz CT molecular complexity index is 1870. The molecule has 9 aromatic rings. The molecule has 0 aliphatic heterocycles. The van der Waals surface area contributed by atoms with E-state index in [9.17, 15) is 0 Å². The molecule has 0 atom stereocenters.